The van der Waals surface area contributed by atoms with Crippen LogP contribution in [0.5, 0.6) is 0 Å². The van der Waals surface area contributed by atoms with E-state index in [1.54, 1.807) is 23.9 Å². The molecule has 8 rings (SSSR count). The summed E-state index contributed by atoms with van der Waals surface area (Å²) in [6, 6.07) is 8.93. The number of hydrogen-bond donors (Lipinski definition) is 2. The molecule has 2 bridgehead atoms. The minimum atomic E-state index is -0.781. The minimum absolute atomic E-state index is 0.0158. The molecule has 11 heteroatoms. The van der Waals surface area contributed by atoms with E-state index in [0.717, 1.165) is 46.7 Å². The van der Waals surface area contributed by atoms with Gasteiger partial charge in [-0.15, -0.1) is 11.3 Å². The average Bonchev–Trinajstić information content (AvgIpc) is 3.76. The largest absolute Gasteiger partial charge is 0.459 e. The summed E-state index contributed by atoms with van der Waals surface area (Å²) in [5.41, 5.74) is 5.67. The van der Waals surface area contributed by atoms with E-state index in [0.29, 0.717) is 5.76 Å². The molecule has 3 aromatic rings. The van der Waals surface area contributed by atoms with Gasteiger partial charge in [-0.25, -0.2) is 4.98 Å². The van der Waals surface area contributed by atoms with Crippen LogP contribution >= 0.6 is 11.3 Å². The Morgan fingerprint density at radius 1 is 1.11 bits per heavy atom. The Morgan fingerprint density at radius 3 is 2.45 bits per heavy atom. The van der Waals surface area contributed by atoms with E-state index in [9.17, 15) is 14.7 Å². The number of ether oxygens (including phenoxy) is 2. The number of aryl methyl sites for hydroxylation is 1. The number of amides is 2. The summed E-state index contributed by atoms with van der Waals surface area (Å²) in [5, 5.41) is 18.1. The van der Waals surface area contributed by atoms with Gasteiger partial charge in [-0.3, -0.25) is 9.59 Å². The zero-order chi connectivity index (χ0) is 30.8. The van der Waals surface area contributed by atoms with Crippen LogP contribution in [-0.2, 0) is 24.5 Å². The van der Waals surface area contributed by atoms with Gasteiger partial charge in [0.1, 0.15) is 30.2 Å². The van der Waals surface area contributed by atoms with Crippen LogP contribution in [-0.4, -0.2) is 56.9 Å². The highest BCUT2D eigenvalue weighted by Crippen LogP contribution is 2.75. The van der Waals surface area contributed by atoms with Crippen molar-refractivity contribution in [2.24, 2.45) is 11.3 Å². The maximum absolute atomic E-state index is 14.1. The van der Waals surface area contributed by atoms with Crippen molar-refractivity contribution >= 4 is 23.2 Å². The summed E-state index contributed by atoms with van der Waals surface area (Å²) in [7, 11) is 0. The van der Waals surface area contributed by atoms with Gasteiger partial charge < -0.3 is 29.3 Å². The molecule has 5 aliphatic rings. The molecule has 2 aromatic heterocycles. The van der Waals surface area contributed by atoms with Crippen LogP contribution in [0.25, 0.3) is 10.4 Å². The zero-order valence-electron chi connectivity index (χ0n) is 25.4. The molecule has 232 valence electrons. The molecule has 2 aliphatic heterocycles. The zero-order valence-corrected chi connectivity index (χ0v) is 26.2. The van der Waals surface area contributed by atoms with Crippen molar-refractivity contribution in [1.82, 2.24) is 20.4 Å². The number of carbonyl (C=O) groups excluding carboxylic acids is 2. The first-order valence-corrected chi connectivity index (χ1v) is 16.2. The van der Waals surface area contributed by atoms with E-state index in [1.807, 2.05) is 63.5 Å². The molecular weight excluding hydrogens is 580 g/mol. The third-order valence-corrected chi connectivity index (χ3v) is 11.0. The van der Waals surface area contributed by atoms with Gasteiger partial charge in [-0.05, 0) is 50.2 Å². The highest BCUT2D eigenvalue weighted by molar-refractivity contribution is 7.13. The Bertz CT molecular complexity index is 1570. The van der Waals surface area contributed by atoms with Crippen LogP contribution in [0.4, 0.5) is 0 Å². The summed E-state index contributed by atoms with van der Waals surface area (Å²) in [5.74, 6) is -0.738. The molecule has 2 N–H and O–H groups in total. The van der Waals surface area contributed by atoms with Crippen molar-refractivity contribution in [2.45, 2.75) is 89.2 Å². The minimum Gasteiger partial charge on any atom is -0.459 e. The molecule has 3 aliphatic carbocycles. The predicted octanol–water partition coefficient (Wildman–Crippen LogP) is 4.95. The fourth-order valence-corrected chi connectivity index (χ4v) is 8.53. The lowest BCUT2D eigenvalue weighted by Crippen LogP contribution is -2.69. The van der Waals surface area contributed by atoms with Crippen molar-refractivity contribution in [3.05, 3.63) is 71.1 Å². The normalized spacial score (nSPS) is 28.6. The summed E-state index contributed by atoms with van der Waals surface area (Å²) >= 11 is 1.60. The first-order valence-electron chi connectivity index (χ1n) is 15.3. The Hall–Kier alpha value is -3.70. The smallest absolute Gasteiger partial charge is 0.245 e. The molecule has 1 saturated heterocycles. The number of rotatable bonds is 9. The van der Waals surface area contributed by atoms with Gasteiger partial charge in [0.2, 0.25) is 18.1 Å². The quantitative estimate of drug-likeness (QED) is 0.345. The first kappa shape index (κ1) is 29.0. The number of nitrogens with one attached hydrogen (secondary N) is 1. The van der Waals surface area contributed by atoms with Gasteiger partial charge in [0.25, 0.3) is 0 Å². The molecular formula is C33H38N4O6S. The highest BCUT2D eigenvalue weighted by atomic mass is 32.1. The van der Waals surface area contributed by atoms with Crippen LogP contribution in [0, 0.1) is 18.3 Å². The third-order valence-electron chi connectivity index (χ3n) is 9.98. The predicted molar refractivity (Wildman–Crippen MR) is 162 cm³/mol. The second kappa shape index (κ2) is 10.7. The summed E-state index contributed by atoms with van der Waals surface area (Å²) in [4.78, 5) is 34.6. The van der Waals surface area contributed by atoms with Crippen molar-refractivity contribution in [3.63, 3.8) is 0 Å². The van der Waals surface area contributed by atoms with Crippen LogP contribution < -0.4 is 5.32 Å². The molecule has 10 nitrogen and oxygen atoms in total. The second-order valence-electron chi connectivity index (χ2n) is 13.4. The summed E-state index contributed by atoms with van der Waals surface area (Å²) < 4.78 is 17.0. The third kappa shape index (κ3) is 4.72. The number of hydrogen-bond acceptors (Lipinski definition) is 9. The van der Waals surface area contributed by atoms with E-state index in [1.165, 1.54) is 4.90 Å². The average molecular weight is 619 g/mol. The molecule has 44 heavy (non-hydrogen) atoms. The highest BCUT2D eigenvalue weighted by Gasteiger charge is 2.74. The van der Waals surface area contributed by atoms with Crippen LogP contribution in [0.1, 0.15) is 81.1 Å². The molecule has 4 heterocycles. The van der Waals surface area contributed by atoms with Crippen molar-refractivity contribution in [3.8, 4) is 10.4 Å². The van der Waals surface area contributed by atoms with Gasteiger partial charge in [0, 0.05) is 29.9 Å². The maximum Gasteiger partial charge on any atom is 0.245 e. The SMILES string of the molecule is Cc1ncsc1-c1ccc([C@H](C)NC(=O)[C@@H]2C[C@@H](O)CN2C(=O)[C@H](c2cc(C34CC(C5OC=CO5)(C3)C4)no2)C(C)C)cc1. The van der Waals surface area contributed by atoms with Gasteiger partial charge in [-0.2, -0.15) is 0 Å². The van der Waals surface area contributed by atoms with E-state index in [-0.39, 0.29) is 53.9 Å². The monoisotopic (exact) mass is 618 g/mol. The Morgan fingerprint density at radius 2 is 1.82 bits per heavy atom. The topological polar surface area (TPSA) is 127 Å². The number of β-amino-alcohol motifs (C(OH)–C–C–N with tert-alkyl or cyclic N) is 1. The molecule has 3 saturated carbocycles. The maximum atomic E-state index is 14.1. The molecule has 0 radical (unpaired) electrons. The first-order chi connectivity index (χ1) is 21.1. The number of thiazole rings is 1. The van der Waals surface area contributed by atoms with Crippen molar-refractivity contribution in [1.29, 1.82) is 0 Å². The number of likely N-dealkylation sites (tertiary alicyclic amines) is 1. The summed E-state index contributed by atoms with van der Waals surface area (Å²) in [6.45, 7) is 7.93. The second-order valence-corrected chi connectivity index (χ2v) is 14.3. The fourth-order valence-electron chi connectivity index (χ4n) is 7.72. The van der Waals surface area contributed by atoms with E-state index < -0.39 is 18.1 Å². The lowest BCUT2D eigenvalue weighted by Gasteiger charge is -2.70. The van der Waals surface area contributed by atoms with Gasteiger partial charge in [0.15, 0.2) is 0 Å². The number of carbonyl (C=O) groups is 2. The number of nitrogens with zero attached hydrogens (tertiary/aromatic N) is 3. The van der Waals surface area contributed by atoms with Crippen LogP contribution in [0.2, 0.25) is 0 Å². The molecule has 4 atom stereocenters. The van der Waals surface area contributed by atoms with Crippen molar-refractivity contribution in [2.75, 3.05) is 6.54 Å². The molecule has 2 amide bonds. The number of aliphatic hydroxyl groups excluding tert-OH is 1. The van der Waals surface area contributed by atoms with Crippen LogP contribution in [0.15, 0.2) is 52.9 Å². The van der Waals surface area contributed by atoms with Gasteiger partial charge in [0.05, 0.1) is 33.9 Å². The molecule has 0 spiro atoms. The molecule has 0 unspecified atom stereocenters. The fraction of sp³-hybridized carbons (Fsp3) is 0.515. The Kier molecular flexibility index (Phi) is 7.08. The molecule has 4 fully saturated rings. The number of aliphatic hydroxyl groups is 1. The van der Waals surface area contributed by atoms with E-state index in [2.05, 4.69) is 15.5 Å². The summed E-state index contributed by atoms with van der Waals surface area (Å²) in [6.07, 6.45) is 5.08. The van der Waals surface area contributed by atoms with Crippen molar-refractivity contribution < 1.29 is 28.7 Å². The lowest BCUT2D eigenvalue weighted by molar-refractivity contribution is -0.267. The van der Waals surface area contributed by atoms with Gasteiger partial charge in [-0.1, -0.05) is 43.3 Å². The van der Waals surface area contributed by atoms with Gasteiger partial charge >= 0.3 is 0 Å². The van der Waals surface area contributed by atoms with Crippen LogP contribution in [0.3, 0.4) is 0 Å². The Balaban J connectivity index is 1.03. The molecule has 1 aromatic carbocycles. The standard InChI is InChI=1S/C33H38N4O6S/c1-18(2)27(25-12-26(36-43-25)32-14-33(15-32,16-32)31-41-9-10-42-31)30(40)37-13-23(38)11-24(37)29(39)35-19(3)21-5-7-22(8-6-21)28-20(4)34-17-44-28/h5-10,12,17-19,23-24,27,31,38H,11,13-16H2,1-4H3,(H,35,39)/t19-,23+,24-,27-,32?,33?/m0/s1. The Labute approximate surface area is 260 Å². The lowest BCUT2D eigenvalue weighted by atomic mass is 9.34. The van der Waals surface area contributed by atoms with E-state index in [4.69, 9.17) is 14.0 Å². The number of benzene rings is 1. The van der Waals surface area contributed by atoms with E-state index >= 15 is 0 Å². The number of aromatic nitrogens is 2.